The van der Waals surface area contributed by atoms with Crippen LogP contribution >= 0.6 is 11.3 Å². The molecule has 5 aromatic rings. The number of para-hydroxylation sites is 2. The number of rotatable bonds is 4. The number of thiazole rings is 1. The number of hydrogen-bond donors (Lipinski definition) is 0. The second kappa shape index (κ2) is 8.56. The molecule has 35 heavy (non-hydrogen) atoms. The standard InChI is InChI=1S/C27H17F2N3O2S/c28-16-13-20(29)25-23(14-16)35-27(31-25)32(15-17-7-5-6-12-30-17)26(33)24-18-8-1-3-10-21(18)34-22-11-4-2-9-19(22)24/h1-14,24H,15H2. The molecule has 8 heteroatoms. The predicted molar refractivity (Wildman–Crippen MR) is 130 cm³/mol. The number of anilines is 1. The maximum Gasteiger partial charge on any atom is 0.241 e. The molecule has 0 saturated heterocycles. The molecule has 5 nitrogen and oxygen atoms in total. The zero-order chi connectivity index (χ0) is 23.9. The number of benzene rings is 3. The molecule has 0 aliphatic carbocycles. The molecule has 0 N–H and O–H groups in total. The van der Waals surface area contributed by atoms with Crippen molar-refractivity contribution in [1.29, 1.82) is 0 Å². The summed E-state index contributed by atoms with van der Waals surface area (Å²) in [5, 5.41) is 0.265. The number of carbonyl (C=O) groups is 1. The Morgan fingerprint density at radius 3 is 2.31 bits per heavy atom. The van der Waals surface area contributed by atoms with Gasteiger partial charge in [0.1, 0.15) is 22.8 Å². The molecule has 172 valence electrons. The van der Waals surface area contributed by atoms with Crippen molar-refractivity contribution in [3.63, 3.8) is 0 Å². The van der Waals surface area contributed by atoms with Crippen molar-refractivity contribution in [3.05, 3.63) is 114 Å². The lowest BCUT2D eigenvalue weighted by atomic mass is 9.87. The predicted octanol–water partition coefficient (Wildman–Crippen LogP) is 6.44. The molecule has 0 atom stereocenters. The first kappa shape index (κ1) is 21.4. The van der Waals surface area contributed by atoms with Gasteiger partial charge in [-0.1, -0.05) is 53.8 Å². The lowest BCUT2D eigenvalue weighted by Gasteiger charge is -2.31. The van der Waals surface area contributed by atoms with Crippen LogP contribution in [0.4, 0.5) is 13.9 Å². The van der Waals surface area contributed by atoms with E-state index in [1.54, 1.807) is 18.3 Å². The summed E-state index contributed by atoms with van der Waals surface area (Å²) in [6.07, 6.45) is 1.64. The van der Waals surface area contributed by atoms with Crippen molar-refractivity contribution in [3.8, 4) is 11.5 Å². The third-order valence-corrected chi connectivity index (χ3v) is 6.90. The van der Waals surface area contributed by atoms with Crippen LogP contribution in [-0.2, 0) is 11.3 Å². The number of ether oxygens (including phenoxy) is 1. The molecule has 1 amide bonds. The number of halogens is 2. The van der Waals surface area contributed by atoms with E-state index in [1.807, 2.05) is 54.6 Å². The normalized spacial score (nSPS) is 12.6. The van der Waals surface area contributed by atoms with E-state index < -0.39 is 17.6 Å². The maximum absolute atomic E-state index is 14.5. The van der Waals surface area contributed by atoms with Crippen LogP contribution in [-0.4, -0.2) is 15.9 Å². The van der Waals surface area contributed by atoms with Crippen molar-refractivity contribution in [1.82, 2.24) is 9.97 Å². The van der Waals surface area contributed by atoms with Crippen molar-refractivity contribution in [2.24, 2.45) is 0 Å². The van der Waals surface area contributed by atoms with Crippen LogP contribution in [0.25, 0.3) is 10.2 Å². The number of aromatic nitrogens is 2. The number of fused-ring (bicyclic) bond motifs is 3. The van der Waals surface area contributed by atoms with Gasteiger partial charge in [-0.2, -0.15) is 0 Å². The lowest BCUT2D eigenvalue weighted by Crippen LogP contribution is -2.36. The summed E-state index contributed by atoms with van der Waals surface area (Å²) >= 11 is 1.06. The average Bonchev–Trinajstić information content (AvgIpc) is 3.30. The first-order chi connectivity index (χ1) is 17.1. The van der Waals surface area contributed by atoms with Gasteiger partial charge in [-0.25, -0.2) is 13.8 Å². The Morgan fingerprint density at radius 1 is 0.943 bits per heavy atom. The van der Waals surface area contributed by atoms with Crippen LogP contribution in [0, 0.1) is 11.6 Å². The number of hydrogen-bond acceptors (Lipinski definition) is 5. The van der Waals surface area contributed by atoms with Crippen LogP contribution in [0.15, 0.2) is 85.1 Å². The summed E-state index contributed by atoms with van der Waals surface area (Å²) in [6, 6.07) is 22.2. The number of pyridine rings is 1. The zero-order valence-corrected chi connectivity index (χ0v) is 19.0. The summed E-state index contributed by atoms with van der Waals surface area (Å²) in [6.45, 7) is 0.116. The van der Waals surface area contributed by atoms with Crippen LogP contribution in [0.1, 0.15) is 22.7 Å². The van der Waals surface area contributed by atoms with Gasteiger partial charge in [-0.15, -0.1) is 0 Å². The molecule has 0 bridgehead atoms. The summed E-state index contributed by atoms with van der Waals surface area (Å²) in [5.74, 6) is -1.21. The second-order valence-corrected chi connectivity index (χ2v) is 9.10. The lowest BCUT2D eigenvalue weighted by molar-refractivity contribution is -0.119. The Labute approximate surface area is 203 Å². The minimum absolute atomic E-state index is 0.0259. The smallest absolute Gasteiger partial charge is 0.241 e. The van der Waals surface area contributed by atoms with Gasteiger partial charge >= 0.3 is 0 Å². The molecule has 0 fully saturated rings. The first-order valence-corrected chi connectivity index (χ1v) is 11.7. The molecule has 0 unspecified atom stereocenters. The minimum atomic E-state index is -0.769. The fraction of sp³-hybridized carbons (Fsp3) is 0.0741. The third-order valence-electron chi connectivity index (χ3n) is 5.87. The van der Waals surface area contributed by atoms with Crippen LogP contribution in [0.3, 0.4) is 0 Å². The van der Waals surface area contributed by atoms with Gasteiger partial charge < -0.3 is 4.74 Å². The van der Waals surface area contributed by atoms with Crippen molar-refractivity contribution in [2.75, 3.05) is 4.90 Å². The quantitative estimate of drug-likeness (QED) is 0.294. The number of nitrogens with zero attached hydrogens (tertiary/aromatic N) is 3. The van der Waals surface area contributed by atoms with Gasteiger partial charge in [0.25, 0.3) is 0 Å². The first-order valence-electron chi connectivity index (χ1n) is 10.9. The SMILES string of the molecule is O=C(C1c2ccccc2Oc2ccccc21)N(Cc1ccccn1)c1nc2c(F)cc(F)cc2s1. The molecule has 3 heterocycles. The second-order valence-electron chi connectivity index (χ2n) is 8.09. The average molecular weight is 486 g/mol. The summed E-state index contributed by atoms with van der Waals surface area (Å²) < 4.78 is 34.7. The van der Waals surface area contributed by atoms with E-state index in [2.05, 4.69) is 9.97 Å². The van der Waals surface area contributed by atoms with Crippen molar-refractivity contribution in [2.45, 2.75) is 12.5 Å². The molecule has 0 saturated carbocycles. The Hall–Kier alpha value is -4.17. The monoisotopic (exact) mass is 485 g/mol. The molecule has 0 spiro atoms. The fourth-order valence-corrected chi connectivity index (χ4v) is 5.30. The molecular formula is C27H17F2N3O2S. The minimum Gasteiger partial charge on any atom is -0.457 e. The number of amides is 1. The Kier molecular flexibility index (Phi) is 5.22. The molecule has 1 aliphatic heterocycles. The maximum atomic E-state index is 14.5. The van der Waals surface area contributed by atoms with Crippen LogP contribution in [0.5, 0.6) is 11.5 Å². The molecule has 2 aromatic heterocycles. The van der Waals surface area contributed by atoms with Gasteiger partial charge in [0.2, 0.25) is 5.91 Å². The third kappa shape index (κ3) is 3.81. The molecule has 0 radical (unpaired) electrons. The highest BCUT2D eigenvalue weighted by Crippen LogP contribution is 2.45. The van der Waals surface area contributed by atoms with Crippen molar-refractivity contribution < 1.29 is 18.3 Å². The van der Waals surface area contributed by atoms with Crippen molar-refractivity contribution >= 4 is 32.6 Å². The van der Waals surface area contributed by atoms with Gasteiger partial charge in [0.05, 0.1) is 22.9 Å². The zero-order valence-electron chi connectivity index (χ0n) is 18.2. The topological polar surface area (TPSA) is 55.3 Å². The summed E-state index contributed by atoms with van der Waals surface area (Å²) in [5.41, 5.74) is 2.11. The summed E-state index contributed by atoms with van der Waals surface area (Å²) in [4.78, 5) is 24.6. The molecule has 6 rings (SSSR count). The number of carbonyl (C=O) groups excluding carboxylic acids is 1. The Bertz CT molecular complexity index is 1530. The Balaban J connectivity index is 1.51. The van der Waals surface area contributed by atoms with Crippen LogP contribution in [0.2, 0.25) is 0 Å². The highest BCUT2D eigenvalue weighted by atomic mass is 32.1. The van der Waals surface area contributed by atoms with E-state index in [9.17, 15) is 13.6 Å². The van der Waals surface area contributed by atoms with E-state index >= 15 is 0 Å². The van der Waals surface area contributed by atoms with E-state index in [1.165, 1.54) is 11.0 Å². The highest BCUT2D eigenvalue weighted by Gasteiger charge is 2.37. The molecular weight excluding hydrogens is 468 g/mol. The van der Waals surface area contributed by atoms with Gasteiger partial charge in [0.15, 0.2) is 10.9 Å². The van der Waals surface area contributed by atoms with Gasteiger partial charge in [0, 0.05) is 23.4 Å². The summed E-state index contributed by atoms with van der Waals surface area (Å²) in [7, 11) is 0. The molecule has 3 aromatic carbocycles. The Morgan fingerprint density at radius 2 is 1.63 bits per heavy atom. The largest absolute Gasteiger partial charge is 0.457 e. The van der Waals surface area contributed by atoms with Gasteiger partial charge in [-0.3, -0.25) is 14.7 Å². The van der Waals surface area contributed by atoms with Gasteiger partial charge in [-0.05, 0) is 30.3 Å². The van der Waals surface area contributed by atoms with E-state index in [-0.39, 0.29) is 23.1 Å². The van der Waals surface area contributed by atoms with E-state index in [0.717, 1.165) is 28.5 Å². The molecule has 1 aliphatic rings. The van der Waals surface area contributed by atoms with E-state index in [4.69, 9.17) is 4.74 Å². The van der Waals surface area contributed by atoms with E-state index in [0.29, 0.717) is 21.9 Å². The van der Waals surface area contributed by atoms with Crippen LogP contribution < -0.4 is 9.64 Å². The fourth-order valence-electron chi connectivity index (χ4n) is 4.29. The highest BCUT2D eigenvalue weighted by molar-refractivity contribution is 7.22.